The Hall–Kier alpha value is -0.240. The Balaban J connectivity index is 0.00000225. The summed E-state index contributed by atoms with van der Waals surface area (Å²) in [4.78, 5) is 0. The number of ether oxygens (including phenoxy) is 1. The fourth-order valence-corrected chi connectivity index (χ4v) is 1.93. The van der Waals surface area contributed by atoms with E-state index >= 15 is 0 Å². The molecule has 92 valence electrons. The standard InChI is InChI=1S/C10H14INO3.ClH/c1-15-9-4-6(2-7(12)5-13)3-8(11)10(9)14;/h3-4,7,13-14H,2,5,12H2,1H3;1H. The number of phenolic OH excluding ortho intramolecular Hbond substituents is 1. The summed E-state index contributed by atoms with van der Waals surface area (Å²) in [6.07, 6.45) is 0.559. The van der Waals surface area contributed by atoms with Crippen molar-refractivity contribution in [1.29, 1.82) is 0 Å². The van der Waals surface area contributed by atoms with Crippen LogP contribution in [0.1, 0.15) is 5.56 Å². The van der Waals surface area contributed by atoms with E-state index in [1.54, 1.807) is 6.07 Å². The van der Waals surface area contributed by atoms with Crippen LogP contribution in [0.4, 0.5) is 0 Å². The number of phenols is 1. The summed E-state index contributed by atoms with van der Waals surface area (Å²) in [6, 6.07) is 3.27. The first-order valence-electron chi connectivity index (χ1n) is 4.50. The van der Waals surface area contributed by atoms with Crippen molar-refractivity contribution in [2.24, 2.45) is 5.73 Å². The third-order valence-electron chi connectivity index (χ3n) is 2.04. The first-order valence-corrected chi connectivity index (χ1v) is 5.58. The van der Waals surface area contributed by atoms with Crippen LogP contribution in [-0.4, -0.2) is 30.0 Å². The quantitative estimate of drug-likeness (QED) is 0.708. The van der Waals surface area contributed by atoms with Crippen LogP contribution in [-0.2, 0) is 6.42 Å². The Morgan fingerprint density at radius 3 is 2.62 bits per heavy atom. The summed E-state index contributed by atoms with van der Waals surface area (Å²) in [6.45, 7) is -0.0558. The van der Waals surface area contributed by atoms with Crippen molar-refractivity contribution >= 4 is 35.0 Å². The molecule has 0 amide bonds. The summed E-state index contributed by atoms with van der Waals surface area (Å²) in [7, 11) is 1.50. The summed E-state index contributed by atoms with van der Waals surface area (Å²) in [5, 5.41) is 18.4. The van der Waals surface area contributed by atoms with Crippen molar-refractivity contribution in [3.63, 3.8) is 0 Å². The van der Waals surface area contributed by atoms with Crippen molar-refractivity contribution in [1.82, 2.24) is 0 Å². The molecule has 1 rings (SSSR count). The normalized spacial score (nSPS) is 11.8. The predicted molar refractivity (Wildman–Crippen MR) is 73.4 cm³/mol. The molecular formula is C10H15ClINO3. The first-order chi connectivity index (χ1) is 7.08. The lowest BCUT2D eigenvalue weighted by atomic mass is 10.1. The number of aliphatic hydroxyl groups excluding tert-OH is 1. The lowest BCUT2D eigenvalue weighted by Gasteiger charge is -2.11. The zero-order valence-electron chi connectivity index (χ0n) is 8.81. The molecule has 1 atom stereocenters. The van der Waals surface area contributed by atoms with Gasteiger partial charge in [0.2, 0.25) is 0 Å². The van der Waals surface area contributed by atoms with Crippen molar-refractivity contribution < 1.29 is 14.9 Å². The van der Waals surface area contributed by atoms with Gasteiger partial charge in [-0.15, -0.1) is 12.4 Å². The minimum Gasteiger partial charge on any atom is -0.504 e. The van der Waals surface area contributed by atoms with E-state index in [0.29, 0.717) is 15.7 Å². The molecule has 0 spiro atoms. The molecule has 0 fully saturated rings. The number of methoxy groups -OCH3 is 1. The third kappa shape index (κ3) is 3.97. The van der Waals surface area contributed by atoms with Crippen molar-refractivity contribution in [2.45, 2.75) is 12.5 Å². The van der Waals surface area contributed by atoms with Gasteiger partial charge in [0.15, 0.2) is 11.5 Å². The number of aliphatic hydroxyl groups is 1. The maximum absolute atomic E-state index is 9.60. The van der Waals surface area contributed by atoms with E-state index < -0.39 is 0 Å². The Morgan fingerprint density at radius 1 is 1.50 bits per heavy atom. The number of rotatable bonds is 4. The molecule has 0 aliphatic heterocycles. The molecular weight excluding hydrogens is 344 g/mol. The van der Waals surface area contributed by atoms with Crippen LogP contribution in [0.3, 0.4) is 0 Å². The molecule has 0 aromatic heterocycles. The molecule has 6 heteroatoms. The maximum Gasteiger partial charge on any atom is 0.171 e. The van der Waals surface area contributed by atoms with Gasteiger partial charge in [-0.05, 0) is 46.7 Å². The van der Waals surface area contributed by atoms with Crippen LogP contribution < -0.4 is 10.5 Å². The van der Waals surface area contributed by atoms with Gasteiger partial charge in [-0.25, -0.2) is 0 Å². The van der Waals surface area contributed by atoms with Gasteiger partial charge in [0.25, 0.3) is 0 Å². The Labute approximate surface area is 114 Å². The van der Waals surface area contributed by atoms with Crippen LogP contribution in [0, 0.1) is 3.57 Å². The van der Waals surface area contributed by atoms with Gasteiger partial charge in [0.1, 0.15) is 0 Å². The number of hydrogen-bond acceptors (Lipinski definition) is 4. The lowest BCUT2D eigenvalue weighted by Crippen LogP contribution is -2.26. The van der Waals surface area contributed by atoms with Crippen LogP contribution in [0.2, 0.25) is 0 Å². The maximum atomic E-state index is 9.60. The molecule has 1 unspecified atom stereocenters. The van der Waals surface area contributed by atoms with Crippen LogP contribution >= 0.6 is 35.0 Å². The second-order valence-electron chi connectivity index (χ2n) is 3.28. The highest BCUT2D eigenvalue weighted by Crippen LogP contribution is 2.32. The molecule has 0 saturated carbocycles. The SMILES string of the molecule is COc1cc(CC(N)CO)cc(I)c1O.Cl. The summed E-state index contributed by atoms with van der Waals surface area (Å²) >= 11 is 2.02. The number of benzene rings is 1. The molecule has 0 bridgehead atoms. The molecule has 4 N–H and O–H groups in total. The van der Waals surface area contributed by atoms with Gasteiger partial charge in [-0.2, -0.15) is 0 Å². The van der Waals surface area contributed by atoms with Gasteiger partial charge >= 0.3 is 0 Å². The molecule has 16 heavy (non-hydrogen) atoms. The second-order valence-corrected chi connectivity index (χ2v) is 4.44. The van der Waals surface area contributed by atoms with Crippen molar-refractivity contribution in [2.75, 3.05) is 13.7 Å². The van der Waals surface area contributed by atoms with Crippen LogP contribution in [0.15, 0.2) is 12.1 Å². The average molecular weight is 360 g/mol. The molecule has 1 aromatic rings. The van der Waals surface area contributed by atoms with E-state index in [9.17, 15) is 5.11 Å². The van der Waals surface area contributed by atoms with E-state index in [1.807, 2.05) is 28.7 Å². The van der Waals surface area contributed by atoms with Crippen LogP contribution in [0.5, 0.6) is 11.5 Å². The average Bonchev–Trinajstić information content (AvgIpc) is 2.22. The van der Waals surface area contributed by atoms with Gasteiger partial charge in [-0.3, -0.25) is 0 Å². The Kier molecular flexibility index (Phi) is 7.05. The molecule has 1 aromatic carbocycles. The van der Waals surface area contributed by atoms with Gasteiger partial charge < -0.3 is 20.7 Å². The highest BCUT2D eigenvalue weighted by Gasteiger charge is 2.10. The number of aromatic hydroxyl groups is 1. The zero-order chi connectivity index (χ0) is 11.4. The molecule has 0 heterocycles. The fraction of sp³-hybridized carbons (Fsp3) is 0.400. The fourth-order valence-electron chi connectivity index (χ4n) is 1.27. The zero-order valence-corrected chi connectivity index (χ0v) is 11.8. The second kappa shape index (κ2) is 7.16. The van der Waals surface area contributed by atoms with Crippen molar-refractivity contribution in [3.8, 4) is 11.5 Å². The summed E-state index contributed by atoms with van der Waals surface area (Å²) < 4.78 is 5.74. The third-order valence-corrected chi connectivity index (χ3v) is 2.86. The topological polar surface area (TPSA) is 75.7 Å². The van der Waals surface area contributed by atoms with E-state index in [-0.39, 0.29) is 30.8 Å². The van der Waals surface area contributed by atoms with Crippen molar-refractivity contribution in [3.05, 3.63) is 21.3 Å². The van der Waals surface area contributed by atoms with Gasteiger partial charge in [0.05, 0.1) is 17.3 Å². The molecule has 4 nitrogen and oxygen atoms in total. The molecule has 0 radical (unpaired) electrons. The van der Waals surface area contributed by atoms with Gasteiger partial charge in [-0.1, -0.05) is 0 Å². The Bertz CT molecular complexity index is 349. The van der Waals surface area contributed by atoms with E-state index in [4.69, 9.17) is 15.6 Å². The summed E-state index contributed by atoms with van der Waals surface area (Å²) in [5.41, 5.74) is 6.57. The Morgan fingerprint density at radius 2 is 2.12 bits per heavy atom. The monoisotopic (exact) mass is 359 g/mol. The predicted octanol–water partition coefficient (Wildman–Crippen LogP) is 1.29. The molecule has 0 aliphatic carbocycles. The van der Waals surface area contributed by atoms with E-state index in [2.05, 4.69) is 0 Å². The number of halogens is 2. The smallest absolute Gasteiger partial charge is 0.171 e. The molecule has 0 saturated heterocycles. The first kappa shape index (κ1) is 15.8. The van der Waals surface area contributed by atoms with Gasteiger partial charge in [0, 0.05) is 6.04 Å². The van der Waals surface area contributed by atoms with E-state index in [1.165, 1.54) is 7.11 Å². The van der Waals surface area contributed by atoms with Crippen LogP contribution in [0.25, 0.3) is 0 Å². The number of hydrogen-bond donors (Lipinski definition) is 3. The van der Waals surface area contributed by atoms with E-state index in [0.717, 1.165) is 5.56 Å². The minimum absolute atomic E-state index is 0. The highest BCUT2D eigenvalue weighted by molar-refractivity contribution is 14.1. The minimum atomic E-state index is -0.282. The summed E-state index contributed by atoms with van der Waals surface area (Å²) in [5.74, 6) is 0.571. The molecule has 0 aliphatic rings. The highest BCUT2D eigenvalue weighted by atomic mass is 127. The lowest BCUT2D eigenvalue weighted by molar-refractivity contribution is 0.265. The largest absolute Gasteiger partial charge is 0.504 e. The number of nitrogens with two attached hydrogens (primary N) is 1.